The molecule has 162 valence electrons. The molecule has 0 radical (unpaired) electrons. The van der Waals surface area contributed by atoms with Gasteiger partial charge in [-0.3, -0.25) is 4.79 Å². The molecule has 0 aliphatic carbocycles. The zero-order valence-electron chi connectivity index (χ0n) is 17.7. The first kappa shape index (κ1) is 21.8. The standard InChI is InChI=1S/C22H25N5O4/c1-14(2)19(28)20-25-21(27(26-20)16-6-10-17(30-3)11-7-16)15-4-8-18(9-5-15)31-13-12-24-22(23)29/h4-11,14H,12-13H2,1-3H3,(H3,23,24,29). The zero-order chi connectivity index (χ0) is 22.4. The molecule has 2 aromatic carbocycles. The number of benzene rings is 2. The Bertz CT molecular complexity index is 1040. The maximum absolute atomic E-state index is 12.5. The third-order valence-electron chi connectivity index (χ3n) is 4.45. The summed E-state index contributed by atoms with van der Waals surface area (Å²) < 4.78 is 12.4. The number of rotatable bonds is 9. The Morgan fingerprint density at radius 1 is 1.06 bits per heavy atom. The van der Waals surface area contributed by atoms with E-state index >= 15 is 0 Å². The predicted molar refractivity (Wildman–Crippen MR) is 116 cm³/mol. The minimum absolute atomic E-state index is 0.129. The Hall–Kier alpha value is -3.88. The molecule has 0 unspecified atom stereocenters. The van der Waals surface area contributed by atoms with Crippen molar-refractivity contribution in [3.63, 3.8) is 0 Å². The Labute approximate surface area is 180 Å². The highest BCUT2D eigenvalue weighted by molar-refractivity contribution is 5.94. The molecule has 9 heteroatoms. The van der Waals surface area contributed by atoms with Crippen LogP contribution in [-0.4, -0.2) is 46.8 Å². The molecule has 0 atom stereocenters. The number of hydrogen-bond donors (Lipinski definition) is 2. The number of ketones is 1. The fourth-order valence-corrected chi connectivity index (χ4v) is 2.81. The average molecular weight is 423 g/mol. The van der Waals surface area contributed by atoms with Gasteiger partial charge in [-0.05, 0) is 48.5 Å². The Balaban J connectivity index is 1.89. The van der Waals surface area contributed by atoms with Crippen LogP contribution < -0.4 is 20.5 Å². The number of nitrogens with zero attached hydrogens (tertiary/aromatic N) is 3. The maximum atomic E-state index is 12.5. The number of hydrogen-bond acceptors (Lipinski definition) is 6. The van der Waals surface area contributed by atoms with Gasteiger partial charge in [0.05, 0.1) is 19.3 Å². The summed E-state index contributed by atoms with van der Waals surface area (Å²) in [6, 6.07) is 14.0. The molecule has 9 nitrogen and oxygen atoms in total. The van der Waals surface area contributed by atoms with E-state index in [1.165, 1.54) is 0 Å². The Morgan fingerprint density at radius 3 is 2.29 bits per heavy atom. The van der Waals surface area contributed by atoms with Crippen molar-refractivity contribution in [2.45, 2.75) is 13.8 Å². The third kappa shape index (κ3) is 5.39. The molecule has 0 aliphatic rings. The molecule has 3 aromatic rings. The smallest absolute Gasteiger partial charge is 0.312 e. The van der Waals surface area contributed by atoms with Crippen LogP contribution >= 0.6 is 0 Å². The Kier molecular flexibility index (Phi) is 6.86. The highest BCUT2D eigenvalue weighted by Gasteiger charge is 2.21. The second-order valence-corrected chi connectivity index (χ2v) is 7.05. The molecule has 1 aromatic heterocycles. The number of carbonyl (C=O) groups excluding carboxylic acids is 2. The van der Waals surface area contributed by atoms with Crippen LogP contribution in [0.15, 0.2) is 48.5 Å². The minimum Gasteiger partial charge on any atom is -0.497 e. The van der Waals surface area contributed by atoms with Gasteiger partial charge in [0.1, 0.15) is 18.1 Å². The molecule has 0 fully saturated rings. The van der Waals surface area contributed by atoms with Gasteiger partial charge in [-0.2, -0.15) is 0 Å². The van der Waals surface area contributed by atoms with E-state index in [4.69, 9.17) is 15.2 Å². The minimum atomic E-state index is -0.594. The van der Waals surface area contributed by atoms with E-state index in [-0.39, 0.29) is 24.1 Å². The second kappa shape index (κ2) is 9.75. The largest absolute Gasteiger partial charge is 0.497 e. The molecule has 3 N–H and O–H groups in total. The van der Waals surface area contributed by atoms with Gasteiger partial charge in [0.15, 0.2) is 5.82 Å². The summed E-state index contributed by atoms with van der Waals surface area (Å²) in [5.74, 6) is 1.70. The van der Waals surface area contributed by atoms with Crippen molar-refractivity contribution in [1.82, 2.24) is 20.1 Å². The number of urea groups is 1. The summed E-state index contributed by atoms with van der Waals surface area (Å²) in [5.41, 5.74) is 6.55. The summed E-state index contributed by atoms with van der Waals surface area (Å²) >= 11 is 0. The molecular formula is C22H25N5O4. The molecule has 2 amide bonds. The average Bonchev–Trinajstić information content (AvgIpc) is 3.21. The van der Waals surface area contributed by atoms with Crippen LogP contribution in [0.25, 0.3) is 17.1 Å². The van der Waals surface area contributed by atoms with Crippen LogP contribution in [0.3, 0.4) is 0 Å². The SMILES string of the molecule is COc1ccc(-n2nc(C(=O)C(C)C)nc2-c2ccc(OCCNC(N)=O)cc2)cc1. The summed E-state index contributed by atoms with van der Waals surface area (Å²) in [5, 5.41) is 6.93. The van der Waals surface area contributed by atoms with Gasteiger partial charge in [-0.1, -0.05) is 13.8 Å². The first-order valence-electron chi connectivity index (χ1n) is 9.81. The van der Waals surface area contributed by atoms with Crippen LogP contribution in [-0.2, 0) is 0 Å². The third-order valence-corrected chi connectivity index (χ3v) is 4.45. The van der Waals surface area contributed by atoms with Crippen molar-refractivity contribution in [1.29, 1.82) is 0 Å². The lowest BCUT2D eigenvalue weighted by Gasteiger charge is -2.09. The monoisotopic (exact) mass is 423 g/mol. The number of primary amides is 1. The fraction of sp³-hybridized carbons (Fsp3) is 0.273. The zero-order valence-corrected chi connectivity index (χ0v) is 17.7. The highest BCUT2D eigenvalue weighted by Crippen LogP contribution is 2.25. The molecular weight excluding hydrogens is 398 g/mol. The molecule has 0 saturated heterocycles. The second-order valence-electron chi connectivity index (χ2n) is 7.05. The molecule has 0 aliphatic heterocycles. The van der Waals surface area contributed by atoms with E-state index in [2.05, 4.69) is 15.4 Å². The number of methoxy groups -OCH3 is 1. The molecule has 31 heavy (non-hydrogen) atoms. The molecule has 0 saturated carbocycles. The van der Waals surface area contributed by atoms with Crippen molar-refractivity contribution in [3.8, 4) is 28.6 Å². The van der Waals surface area contributed by atoms with Crippen LogP contribution in [0.2, 0.25) is 0 Å². The quantitative estimate of drug-likeness (QED) is 0.403. The lowest BCUT2D eigenvalue weighted by atomic mass is 10.1. The molecule has 1 heterocycles. The van der Waals surface area contributed by atoms with Crippen LogP contribution in [0, 0.1) is 5.92 Å². The first-order valence-corrected chi connectivity index (χ1v) is 9.81. The lowest BCUT2D eigenvalue weighted by molar-refractivity contribution is 0.0929. The lowest BCUT2D eigenvalue weighted by Crippen LogP contribution is -2.32. The number of aromatic nitrogens is 3. The van der Waals surface area contributed by atoms with E-state index < -0.39 is 6.03 Å². The van der Waals surface area contributed by atoms with Gasteiger partial charge in [0.25, 0.3) is 0 Å². The van der Waals surface area contributed by atoms with Crippen molar-refractivity contribution in [2.75, 3.05) is 20.3 Å². The van der Waals surface area contributed by atoms with Crippen LogP contribution in [0.5, 0.6) is 11.5 Å². The van der Waals surface area contributed by atoms with Crippen molar-refractivity contribution >= 4 is 11.8 Å². The number of nitrogens with one attached hydrogen (secondary N) is 1. The first-order chi connectivity index (χ1) is 14.9. The van der Waals surface area contributed by atoms with Gasteiger partial charge < -0.3 is 20.5 Å². The number of nitrogens with two attached hydrogens (primary N) is 1. The number of Topliss-reactive ketones (excluding diaryl/α,β-unsaturated/α-hetero) is 1. The van der Waals surface area contributed by atoms with E-state index in [1.807, 2.05) is 50.2 Å². The van der Waals surface area contributed by atoms with Gasteiger partial charge in [-0.15, -0.1) is 5.10 Å². The maximum Gasteiger partial charge on any atom is 0.312 e. The summed E-state index contributed by atoms with van der Waals surface area (Å²) in [6.07, 6.45) is 0. The normalized spacial score (nSPS) is 10.7. The number of amides is 2. The molecule has 0 spiro atoms. The summed E-state index contributed by atoms with van der Waals surface area (Å²) in [7, 11) is 1.60. The molecule has 0 bridgehead atoms. The number of carbonyl (C=O) groups is 2. The summed E-state index contributed by atoms with van der Waals surface area (Å²) in [6.45, 7) is 4.23. The highest BCUT2D eigenvalue weighted by atomic mass is 16.5. The van der Waals surface area contributed by atoms with E-state index in [0.29, 0.717) is 18.1 Å². The topological polar surface area (TPSA) is 121 Å². The van der Waals surface area contributed by atoms with Crippen LogP contribution in [0.4, 0.5) is 4.79 Å². The summed E-state index contributed by atoms with van der Waals surface area (Å²) in [4.78, 5) is 27.7. The van der Waals surface area contributed by atoms with E-state index in [9.17, 15) is 9.59 Å². The van der Waals surface area contributed by atoms with Crippen molar-refractivity contribution in [2.24, 2.45) is 11.7 Å². The van der Waals surface area contributed by atoms with Crippen LogP contribution in [0.1, 0.15) is 24.5 Å². The van der Waals surface area contributed by atoms with Gasteiger partial charge in [-0.25, -0.2) is 14.5 Å². The number of ether oxygens (including phenoxy) is 2. The van der Waals surface area contributed by atoms with Crippen molar-refractivity contribution in [3.05, 3.63) is 54.4 Å². The Morgan fingerprint density at radius 2 is 1.71 bits per heavy atom. The van der Waals surface area contributed by atoms with E-state index in [1.54, 1.807) is 23.9 Å². The van der Waals surface area contributed by atoms with Gasteiger partial charge in [0, 0.05) is 11.5 Å². The fourth-order valence-electron chi connectivity index (χ4n) is 2.81. The molecule has 3 rings (SSSR count). The van der Waals surface area contributed by atoms with E-state index in [0.717, 1.165) is 17.0 Å². The van der Waals surface area contributed by atoms with Gasteiger partial charge in [0.2, 0.25) is 11.6 Å². The predicted octanol–water partition coefficient (Wildman–Crippen LogP) is 2.83. The van der Waals surface area contributed by atoms with Crippen molar-refractivity contribution < 1.29 is 19.1 Å². The van der Waals surface area contributed by atoms with Gasteiger partial charge >= 0.3 is 6.03 Å².